The summed E-state index contributed by atoms with van der Waals surface area (Å²) in [5.74, 6) is -0.765. The van der Waals surface area contributed by atoms with Crippen LogP contribution in [0, 0.1) is 5.92 Å². The van der Waals surface area contributed by atoms with Crippen LogP contribution in [0.5, 0.6) is 0 Å². The number of amides is 1. The first-order chi connectivity index (χ1) is 16.0. The maximum absolute atomic E-state index is 14.7. The number of carboxylic acids is 1. The first-order valence-electron chi connectivity index (χ1n) is 11.8. The summed E-state index contributed by atoms with van der Waals surface area (Å²) in [6.45, 7) is 5.69. The van der Waals surface area contributed by atoms with Crippen LogP contribution in [0.2, 0.25) is 0 Å². The molecule has 33 heavy (non-hydrogen) atoms. The molecule has 3 aromatic rings. The highest BCUT2D eigenvalue weighted by atomic mass is 16.4. The Morgan fingerprint density at radius 2 is 1.79 bits per heavy atom. The summed E-state index contributed by atoms with van der Waals surface area (Å²) in [4.78, 5) is 30.4. The van der Waals surface area contributed by atoms with Crippen molar-refractivity contribution in [3.63, 3.8) is 0 Å². The van der Waals surface area contributed by atoms with Crippen LogP contribution in [0.25, 0.3) is 16.5 Å². The number of aromatic nitrogens is 1. The number of carboxylic acid groups (broad SMARTS) is 1. The van der Waals surface area contributed by atoms with Crippen molar-refractivity contribution in [2.75, 3.05) is 13.1 Å². The maximum atomic E-state index is 14.7. The van der Waals surface area contributed by atoms with Crippen LogP contribution in [0.4, 0.5) is 5.69 Å². The largest absolute Gasteiger partial charge is 0.545 e. The lowest BCUT2D eigenvalue weighted by Crippen LogP contribution is -2.65. The van der Waals surface area contributed by atoms with Gasteiger partial charge in [-0.2, -0.15) is 0 Å². The van der Waals surface area contributed by atoms with Crippen LogP contribution in [-0.2, 0) is 4.79 Å². The fourth-order valence-corrected chi connectivity index (χ4v) is 5.58. The van der Waals surface area contributed by atoms with E-state index < -0.39 is 5.97 Å². The molecule has 6 nitrogen and oxygen atoms in total. The number of carbonyl (C=O) groups is 2. The number of hydrogen-bond donors (Lipinski definition) is 1. The number of nitrogens with one attached hydrogen (secondary N) is 1. The van der Waals surface area contributed by atoms with E-state index in [4.69, 9.17) is 0 Å². The molecule has 0 radical (unpaired) electrons. The first kappa shape index (κ1) is 21.6. The van der Waals surface area contributed by atoms with Gasteiger partial charge < -0.3 is 14.9 Å². The fraction of sp³-hybridized carbons (Fsp3) is 0.333. The van der Waals surface area contributed by atoms with Crippen molar-refractivity contribution in [1.82, 2.24) is 14.6 Å². The van der Waals surface area contributed by atoms with E-state index in [1.54, 1.807) is 6.20 Å². The summed E-state index contributed by atoms with van der Waals surface area (Å²) in [6.07, 6.45) is 4.92. The molecule has 1 atom stereocenters. The van der Waals surface area contributed by atoms with Gasteiger partial charge in [-0.1, -0.05) is 44.2 Å². The molecule has 1 saturated heterocycles. The molecular formula is C27H29N3O3. The summed E-state index contributed by atoms with van der Waals surface area (Å²) < 4.78 is -0.179. The van der Waals surface area contributed by atoms with Crippen molar-refractivity contribution in [1.29, 1.82) is 0 Å². The summed E-state index contributed by atoms with van der Waals surface area (Å²) in [5.41, 5.74) is 3.55. The Balaban J connectivity index is 1.82. The number of nitrogens with zero attached hydrogens (tertiary/aromatic N) is 2. The highest BCUT2D eigenvalue weighted by molar-refractivity contribution is 6.24. The average molecular weight is 444 g/mol. The molecule has 3 heterocycles. The van der Waals surface area contributed by atoms with Gasteiger partial charge in [0.1, 0.15) is 5.56 Å². The Bertz CT molecular complexity index is 1270. The van der Waals surface area contributed by atoms with Gasteiger partial charge in [0.2, 0.25) is 0 Å². The van der Waals surface area contributed by atoms with Gasteiger partial charge in [-0.05, 0) is 37.3 Å². The molecule has 0 aliphatic carbocycles. The molecule has 1 unspecified atom stereocenters. The SMILES string of the molecule is CCCC1=C(C(=O)[O-])c2ccccc2[N+]1(C(=O)c1c[nH]c2ccccc12)N1CCC(C)CC1. The summed E-state index contributed by atoms with van der Waals surface area (Å²) >= 11 is 0. The van der Waals surface area contributed by atoms with Gasteiger partial charge in [-0.3, -0.25) is 0 Å². The minimum absolute atomic E-state index is 0.117. The third kappa shape index (κ3) is 3.16. The number of rotatable bonds is 5. The van der Waals surface area contributed by atoms with E-state index in [0.29, 0.717) is 34.9 Å². The highest BCUT2D eigenvalue weighted by Crippen LogP contribution is 2.50. The Hall–Kier alpha value is -3.22. The minimum atomic E-state index is -1.22. The molecule has 6 heteroatoms. The number of fused-ring (bicyclic) bond motifs is 2. The van der Waals surface area contributed by atoms with Crippen LogP contribution in [0.15, 0.2) is 60.4 Å². The zero-order valence-corrected chi connectivity index (χ0v) is 19.1. The predicted molar refractivity (Wildman–Crippen MR) is 128 cm³/mol. The molecule has 2 aromatic carbocycles. The van der Waals surface area contributed by atoms with Crippen molar-refractivity contribution in [3.8, 4) is 0 Å². The lowest BCUT2D eigenvalue weighted by Gasteiger charge is -2.44. The Kier molecular flexibility index (Phi) is 5.43. The number of hydrogen-bond acceptors (Lipinski definition) is 4. The molecular weight excluding hydrogens is 414 g/mol. The number of aliphatic carboxylic acids is 1. The Morgan fingerprint density at radius 3 is 2.52 bits per heavy atom. The molecule has 0 spiro atoms. The quantitative estimate of drug-likeness (QED) is 0.599. The van der Waals surface area contributed by atoms with E-state index in [9.17, 15) is 14.7 Å². The maximum Gasteiger partial charge on any atom is 0.377 e. The topological polar surface area (TPSA) is 76.2 Å². The van der Waals surface area contributed by atoms with Gasteiger partial charge in [0.05, 0.1) is 17.1 Å². The van der Waals surface area contributed by atoms with Gasteiger partial charge in [0.25, 0.3) is 0 Å². The molecule has 2 aliphatic heterocycles. The molecule has 1 N–H and O–H groups in total. The van der Waals surface area contributed by atoms with E-state index in [1.807, 2.05) is 55.5 Å². The van der Waals surface area contributed by atoms with Crippen molar-refractivity contribution in [2.45, 2.75) is 39.5 Å². The van der Waals surface area contributed by atoms with Gasteiger partial charge in [-0.15, -0.1) is 9.60 Å². The minimum Gasteiger partial charge on any atom is -0.545 e. The highest BCUT2D eigenvalue weighted by Gasteiger charge is 2.57. The molecule has 2 aliphatic rings. The van der Waals surface area contributed by atoms with Crippen LogP contribution in [0.1, 0.15) is 55.5 Å². The summed E-state index contributed by atoms with van der Waals surface area (Å²) in [7, 11) is 0. The number of quaternary nitrogens is 1. The van der Waals surface area contributed by atoms with Crippen molar-refractivity contribution >= 4 is 34.0 Å². The smallest absolute Gasteiger partial charge is 0.377 e. The number of carbonyl (C=O) groups excluding carboxylic acids is 2. The number of H-pyrrole nitrogens is 1. The van der Waals surface area contributed by atoms with Crippen LogP contribution >= 0.6 is 0 Å². The second-order valence-electron chi connectivity index (χ2n) is 9.20. The second-order valence-corrected chi connectivity index (χ2v) is 9.20. The number of aromatic amines is 1. The summed E-state index contributed by atoms with van der Waals surface area (Å²) in [5, 5.41) is 15.5. The molecule has 1 amide bonds. The normalized spacial score (nSPS) is 21.5. The van der Waals surface area contributed by atoms with E-state index in [-0.39, 0.29) is 16.1 Å². The first-order valence-corrected chi connectivity index (χ1v) is 11.8. The standard InChI is InChI=1S/C27H29N3O3/c1-3-8-24-25(27(32)33)20-10-5-7-12-23(20)30(24,29-15-13-18(2)14-16-29)26(31)21-17-28-22-11-6-4-9-19(21)22/h4-7,9-12,17-18H,3,8,13-16H2,1-2H3,(H-,28,31,32,33). The lowest BCUT2D eigenvalue weighted by atomic mass is 9.99. The molecule has 1 aromatic heterocycles. The van der Waals surface area contributed by atoms with Crippen molar-refractivity contribution in [3.05, 3.63) is 71.6 Å². The number of allylic oxidation sites excluding steroid dienone is 1. The Labute approximate surface area is 193 Å². The van der Waals surface area contributed by atoms with Gasteiger partial charge in [0.15, 0.2) is 11.4 Å². The average Bonchev–Trinajstić information content (AvgIpc) is 3.37. The number of para-hydroxylation sites is 2. The molecule has 0 saturated carbocycles. The zero-order valence-electron chi connectivity index (χ0n) is 19.1. The predicted octanol–water partition coefficient (Wildman–Crippen LogP) is 4.24. The fourth-order valence-electron chi connectivity index (χ4n) is 5.58. The molecule has 5 rings (SSSR count). The Morgan fingerprint density at radius 1 is 1.09 bits per heavy atom. The third-order valence-corrected chi connectivity index (χ3v) is 7.19. The molecule has 0 bridgehead atoms. The summed E-state index contributed by atoms with van der Waals surface area (Å²) in [6, 6.07) is 15.2. The number of benzene rings is 2. The van der Waals surface area contributed by atoms with E-state index in [0.717, 1.165) is 43.3 Å². The van der Waals surface area contributed by atoms with Gasteiger partial charge in [0, 0.05) is 42.7 Å². The second kappa shape index (κ2) is 8.28. The van der Waals surface area contributed by atoms with Gasteiger partial charge in [-0.25, -0.2) is 4.79 Å². The van der Waals surface area contributed by atoms with Crippen LogP contribution < -0.4 is 9.70 Å². The van der Waals surface area contributed by atoms with E-state index >= 15 is 0 Å². The van der Waals surface area contributed by atoms with E-state index in [2.05, 4.69) is 16.9 Å². The van der Waals surface area contributed by atoms with E-state index in [1.165, 1.54) is 0 Å². The monoisotopic (exact) mass is 443 g/mol. The van der Waals surface area contributed by atoms with Crippen molar-refractivity contribution in [2.24, 2.45) is 5.92 Å². The number of piperidine rings is 1. The van der Waals surface area contributed by atoms with Crippen LogP contribution in [-0.4, -0.2) is 35.0 Å². The lowest BCUT2D eigenvalue weighted by molar-refractivity contribution is -0.295. The van der Waals surface area contributed by atoms with Gasteiger partial charge >= 0.3 is 5.91 Å². The molecule has 1 fully saturated rings. The third-order valence-electron chi connectivity index (χ3n) is 7.19. The zero-order chi connectivity index (χ0) is 23.2. The van der Waals surface area contributed by atoms with Crippen molar-refractivity contribution < 1.29 is 14.7 Å². The molecule has 170 valence electrons. The van der Waals surface area contributed by atoms with Crippen LogP contribution in [0.3, 0.4) is 0 Å².